The van der Waals surface area contributed by atoms with Crippen LogP contribution in [0.3, 0.4) is 0 Å². The fourth-order valence-electron chi connectivity index (χ4n) is 3.70. The third-order valence-electron chi connectivity index (χ3n) is 5.54. The summed E-state index contributed by atoms with van der Waals surface area (Å²) < 4.78 is 24.5. The Bertz CT molecular complexity index is 1170. The van der Waals surface area contributed by atoms with Gasteiger partial charge in [0.05, 0.1) is 12.3 Å². The van der Waals surface area contributed by atoms with Crippen molar-refractivity contribution in [2.75, 3.05) is 11.5 Å². The summed E-state index contributed by atoms with van der Waals surface area (Å²) in [6.07, 6.45) is 5.83. The summed E-state index contributed by atoms with van der Waals surface area (Å²) >= 11 is 0. The van der Waals surface area contributed by atoms with Crippen LogP contribution in [0.15, 0.2) is 54.9 Å². The zero-order valence-electron chi connectivity index (χ0n) is 15.8. The molecular weight excluding hydrogens is 368 g/mol. The smallest absolute Gasteiger partial charge is 0.187 e. The molecule has 2 aromatic carbocycles. The third-order valence-corrected chi connectivity index (χ3v) is 7.28. The van der Waals surface area contributed by atoms with Crippen LogP contribution >= 0.6 is 0 Å². The lowest BCUT2D eigenvalue weighted by Gasteiger charge is -2.17. The Morgan fingerprint density at radius 3 is 2.54 bits per heavy atom. The molecule has 1 aromatic heterocycles. The van der Waals surface area contributed by atoms with Crippen molar-refractivity contribution in [3.05, 3.63) is 71.8 Å². The van der Waals surface area contributed by atoms with Crippen molar-refractivity contribution in [3.63, 3.8) is 0 Å². The first kappa shape index (κ1) is 18.6. The molecule has 1 fully saturated rings. The normalized spacial score (nSPS) is 15.3. The van der Waals surface area contributed by atoms with Crippen LogP contribution in [-0.2, 0) is 9.84 Å². The quantitative estimate of drug-likeness (QED) is 0.531. The van der Waals surface area contributed by atoms with E-state index in [2.05, 4.69) is 22.0 Å². The van der Waals surface area contributed by atoms with Crippen molar-refractivity contribution in [2.24, 2.45) is 5.92 Å². The number of hydrogen-bond acceptors (Lipinski definition) is 3. The van der Waals surface area contributed by atoms with E-state index >= 15 is 0 Å². The SMILES string of the molecule is [C-]#[N+]c1ccc2cc(-c3cncc(C(CS(=O)(=O)CC)C4CC4)c3)ccc2c1. The first-order chi connectivity index (χ1) is 13.5. The maximum Gasteiger partial charge on any atom is 0.187 e. The molecule has 0 bridgehead atoms. The lowest BCUT2D eigenvalue weighted by atomic mass is 9.94. The highest BCUT2D eigenvalue weighted by molar-refractivity contribution is 7.91. The van der Waals surface area contributed by atoms with Crippen molar-refractivity contribution in [1.82, 2.24) is 4.98 Å². The maximum absolute atomic E-state index is 12.2. The zero-order valence-corrected chi connectivity index (χ0v) is 16.6. The molecule has 5 heteroatoms. The molecule has 28 heavy (non-hydrogen) atoms. The summed E-state index contributed by atoms with van der Waals surface area (Å²) in [4.78, 5) is 7.90. The first-order valence-corrected chi connectivity index (χ1v) is 11.4. The second kappa shape index (κ2) is 7.37. The summed E-state index contributed by atoms with van der Waals surface area (Å²) in [5.74, 6) is 0.859. The average Bonchev–Trinajstić information content (AvgIpc) is 3.56. The van der Waals surface area contributed by atoms with Gasteiger partial charge in [0.15, 0.2) is 15.5 Å². The van der Waals surface area contributed by atoms with Crippen LogP contribution in [-0.4, -0.2) is 24.9 Å². The van der Waals surface area contributed by atoms with E-state index < -0.39 is 9.84 Å². The van der Waals surface area contributed by atoms with Gasteiger partial charge in [-0.25, -0.2) is 13.3 Å². The highest BCUT2D eigenvalue weighted by atomic mass is 32.2. The number of pyridine rings is 1. The Morgan fingerprint density at radius 1 is 1.07 bits per heavy atom. The first-order valence-electron chi connectivity index (χ1n) is 9.56. The molecule has 1 unspecified atom stereocenters. The summed E-state index contributed by atoms with van der Waals surface area (Å²) in [6.45, 7) is 8.86. The Kier molecular flexibility index (Phi) is 4.91. The van der Waals surface area contributed by atoms with E-state index in [1.165, 1.54) is 0 Å². The molecule has 1 atom stereocenters. The van der Waals surface area contributed by atoms with E-state index in [9.17, 15) is 8.42 Å². The molecule has 0 radical (unpaired) electrons. The van der Waals surface area contributed by atoms with E-state index in [4.69, 9.17) is 6.57 Å². The third kappa shape index (κ3) is 3.93. The largest absolute Gasteiger partial charge is 0.264 e. The molecule has 0 saturated heterocycles. The lowest BCUT2D eigenvalue weighted by Crippen LogP contribution is -2.18. The molecule has 1 aliphatic rings. The van der Waals surface area contributed by atoms with Gasteiger partial charge in [0.2, 0.25) is 0 Å². The van der Waals surface area contributed by atoms with Gasteiger partial charge < -0.3 is 0 Å². The molecule has 0 spiro atoms. The summed E-state index contributed by atoms with van der Waals surface area (Å²) in [6, 6.07) is 13.9. The van der Waals surface area contributed by atoms with Crippen LogP contribution in [0.1, 0.15) is 31.2 Å². The van der Waals surface area contributed by atoms with E-state index in [-0.39, 0.29) is 17.4 Å². The Morgan fingerprint density at radius 2 is 1.82 bits per heavy atom. The van der Waals surface area contributed by atoms with Crippen molar-refractivity contribution in [2.45, 2.75) is 25.7 Å². The van der Waals surface area contributed by atoms with Gasteiger partial charge in [-0.3, -0.25) is 4.98 Å². The van der Waals surface area contributed by atoms with E-state index in [0.717, 1.165) is 40.3 Å². The maximum atomic E-state index is 12.2. The predicted octanol–water partition coefficient (Wildman–Crippen LogP) is 5.38. The Hall–Kier alpha value is -2.71. The monoisotopic (exact) mass is 390 g/mol. The topological polar surface area (TPSA) is 51.4 Å². The number of rotatable bonds is 6. The molecule has 142 valence electrons. The molecule has 1 saturated carbocycles. The van der Waals surface area contributed by atoms with Gasteiger partial charge in [-0.15, -0.1) is 0 Å². The molecule has 4 rings (SSSR count). The molecule has 0 N–H and O–H groups in total. The Balaban J connectivity index is 1.70. The number of fused-ring (bicyclic) bond motifs is 1. The molecule has 0 amide bonds. The van der Waals surface area contributed by atoms with E-state index in [1.54, 1.807) is 6.92 Å². The van der Waals surface area contributed by atoms with E-state index in [1.807, 2.05) is 42.7 Å². The minimum absolute atomic E-state index is 0.0269. The minimum Gasteiger partial charge on any atom is -0.264 e. The highest BCUT2D eigenvalue weighted by Crippen LogP contribution is 2.44. The summed E-state index contributed by atoms with van der Waals surface area (Å²) in [5, 5.41) is 2.11. The molecule has 1 heterocycles. The zero-order chi connectivity index (χ0) is 19.7. The summed E-state index contributed by atoms with van der Waals surface area (Å²) in [7, 11) is -3.04. The number of hydrogen-bond donors (Lipinski definition) is 0. The van der Waals surface area contributed by atoms with E-state index in [0.29, 0.717) is 11.6 Å². The molecule has 4 nitrogen and oxygen atoms in total. The lowest BCUT2D eigenvalue weighted by molar-refractivity contribution is 0.577. The molecular formula is C23H22N2O2S. The number of sulfone groups is 1. The van der Waals surface area contributed by atoms with Gasteiger partial charge in [-0.1, -0.05) is 31.2 Å². The van der Waals surface area contributed by atoms with Gasteiger partial charge in [-0.2, -0.15) is 0 Å². The highest BCUT2D eigenvalue weighted by Gasteiger charge is 2.35. The van der Waals surface area contributed by atoms with Crippen LogP contribution in [0.5, 0.6) is 0 Å². The van der Waals surface area contributed by atoms with Crippen LogP contribution in [0.4, 0.5) is 5.69 Å². The average molecular weight is 391 g/mol. The van der Waals surface area contributed by atoms with Crippen molar-refractivity contribution < 1.29 is 8.42 Å². The fourth-order valence-corrected chi connectivity index (χ4v) is 4.94. The number of benzene rings is 2. The second-order valence-electron chi connectivity index (χ2n) is 7.51. The second-order valence-corrected chi connectivity index (χ2v) is 9.91. The predicted molar refractivity (Wildman–Crippen MR) is 113 cm³/mol. The van der Waals surface area contributed by atoms with Gasteiger partial charge in [0.1, 0.15) is 0 Å². The van der Waals surface area contributed by atoms with Gasteiger partial charge in [0, 0.05) is 29.6 Å². The Labute approximate surface area is 166 Å². The van der Waals surface area contributed by atoms with Crippen LogP contribution in [0.25, 0.3) is 26.7 Å². The van der Waals surface area contributed by atoms with Gasteiger partial charge in [-0.05, 0) is 58.9 Å². The van der Waals surface area contributed by atoms with Crippen molar-refractivity contribution >= 4 is 26.3 Å². The van der Waals surface area contributed by atoms with Crippen molar-refractivity contribution in [1.29, 1.82) is 0 Å². The molecule has 3 aromatic rings. The fraction of sp³-hybridized carbons (Fsp3) is 0.304. The molecule has 0 aliphatic heterocycles. The molecule has 1 aliphatic carbocycles. The van der Waals surface area contributed by atoms with Gasteiger partial charge >= 0.3 is 0 Å². The van der Waals surface area contributed by atoms with Crippen LogP contribution in [0, 0.1) is 12.5 Å². The van der Waals surface area contributed by atoms with Crippen LogP contribution < -0.4 is 0 Å². The minimum atomic E-state index is -3.04. The van der Waals surface area contributed by atoms with Crippen molar-refractivity contribution in [3.8, 4) is 11.1 Å². The number of nitrogens with zero attached hydrogens (tertiary/aromatic N) is 2. The van der Waals surface area contributed by atoms with Crippen LogP contribution in [0.2, 0.25) is 0 Å². The summed E-state index contributed by atoms with van der Waals surface area (Å²) in [5.41, 5.74) is 3.69. The standard InChI is InChI=1S/C23H22N2O2S/c1-3-28(26,27)15-23(16-4-5-16)21-11-20(13-25-14-21)18-6-7-19-12-22(24-2)9-8-17(19)10-18/h6-14,16,23H,3-5,15H2,1H3. The number of aromatic nitrogens is 1. The van der Waals surface area contributed by atoms with Gasteiger partial charge in [0.25, 0.3) is 0 Å².